The number of fused-ring (bicyclic) bond motifs is 1. The lowest BCUT2D eigenvalue weighted by molar-refractivity contribution is 0.0966. The molecule has 0 spiro atoms. The van der Waals surface area contributed by atoms with Crippen LogP contribution in [0.25, 0.3) is 0 Å². The van der Waals surface area contributed by atoms with Crippen molar-refractivity contribution in [2.45, 2.75) is 0 Å². The molecule has 3 rings (SSSR count). The molecule has 0 saturated carbocycles. The summed E-state index contributed by atoms with van der Waals surface area (Å²) in [7, 11) is 0. The van der Waals surface area contributed by atoms with Crippen molar-refractivity contribution in [2.75, 3.05) is 23.8 Å². The smallest absolute Gasteiger partial charge is 0.296 e. The number of ether oxygens (including phenoxy) is 1. The minimum atomic E-state index is -0.275. The van der Waals surface area contributed by atoms with Gasteiger partial charge in [0.1, 0.15) is 18.2 Å². The number of carbonyl (C=O) groups excluding carboxylic acids is 1. The van der Waals surface area contributed by atoms with Gasteiger partial charge in [-0.25, -0.2) is 9.97 Å². The van der Waals surface area contributed by atoms with Gasteiger partial charge in [-0.05, 0) is 18.2 Å². The average Bonchev–Trinajstić information content (AvgIpc) is 2.46. The van der Waals surface area contributed by atoms with Crippen LogP contribution in [0.2, 0.25) is 0 Å². The quantitative estimate of drug-likeness (QED) is 0.826. The van der Waals surface area contributed by atoms with Crippen LogP contribution >= 0.6 is 0 Å². The van der Waals surface area contributed by atoms with Crippen LogP contribution in [0, 0.1) is 0 Å². The third-order valence-electron chi connectivity index (χ3n) is 2.84. The van der Waals surface area contributed by atoms with Crippen molar-refractivity contribution in [1.82, 2.24) is 9.97 Å². The zero-order chi connectivity index (χ0) is 13.2. The Morgan fingerprint density at radius 3 is 3.00 bits per heavy atom. The summed E-state index contributed by atoms with van der Waals surface area (Å²) in [5.41, 5.74) is 6.30. The Labute approximate surface area is 109 Å². The van der Waals surface area contributed by atoms with E-state index in [4.69, 9.17) is 10.5 Å². The molecule has 0 saturated heterocycles. The Balaban J connectivity index is 1.98. The van der Waals surface area contributed by atoms with Crippen molar-refractivity contribution in [3.8, 4) is 5.75 Å². The Hall–Kier alpha value is -2.63. The van der Waals surface area contributed by atoms with Gasteiger partial charge in [0.2, 0.25) is 5.82 Å². The second-order valence-corrected chi connectivity index (χ2v) is 4.08. The molecule has 0 aliphatic carbocycles. The van der Waals surface area contributed by atoms with Crippen LogP contribution < -0.4 is 15.4 Å². The zero-order valence-corrected chi connectivity index (χ0v) is 10.1. The maximum atomic E-state index is 12.4. The lowest BCUT2D eigenvalue weighted by Crippen LogP contribution is -2.38. The maximum absolute atomic E-state index is 12.4. The average molecular weight is 256 g/mol. The van der Waals surface area contributed by atoms with Gasteiger partial charge in [0, 0.05) is 6.20 Å². The largest absolute Gasteiger partial charge is 0.490 e. The van der Waals surface area contributed by atoms with Crippen LogP contribution in [0.4, 0.5) is 11.5 Å². The number of nitrogen functional groups attached to an aromatic ring is 1. The van der Waals surface area contributed by atoms with E-state index in [1.807, 2.05) is 24.3 Å². The van der Waals surface area contributed by atoms with Gasteiger partial charge >= 0.3 is 0 Å². The highest BCUT2D eigenvalue weighted by molar-refractivity contribution is 6.04. The summed E-state index contributed by atoms with van der Waals surface area (Å²) in [6, 6.07) is 8.93. The van der Waals surface area contributed by atoms with Crippen molar-refractivity contribution in [2.24, 2.45) is 0 Å². The molecule has 2 heterocycles. The summed E-state index contributed by atoms with van der Waals surface area (Å²) < 4.78 is 5.50. The molecule has 1 aromatic heterocycles. The van der Waals surface area contributed by atoms with Crippen molar-refractivity contribution in [3.63, 3.8) is 0 Å². The Morgan fingerprint density at radius 2 is 2.16 bits per heavy atom. The molecule has 0 fully saturated rings. The number of anilines is 2. The van der Waals surface area contributed by atoms with E-state index < -0.39 is 0 Å². The molecule has 1 aliphatic rings. The monoisotopic (exact) mass is 256 g/mol. The molecule has 19 heavy (non-hydrogen) atoms. The molecular weight excluding hydrogens is 244 g/mol. The Bertz CT molecular complexity index is 630. The highest BCUT2D eigenvalue weighted by atomic mass is 16.5. The van der Waals surface area contributed by atoms with Crippen molar-refractivity contribution in [1.29, 1.82) is 0 Å². The van der Waals surface area contributed by atoms with Gasteiger partial charge in [0.05, 0.1) is 12.2 Å². The third kappa shape index (κ3) is 2.08. The highest BCUT2D eigenvalue weighted by Gasteiger charge is 2.26. The van der Waals surface area contributed by atoms with Gasteiger partial charge in [0.15, 0.2) is 0 Å². The van der Waals surface area contributed by atoms with Crippen molar-refractivity contribution < 1.29 is 9.53 Å². The first-order valence-electron chi connectivity index (χ1n) is 5.88. The first-order chi connectivity index (χ1) is 9.25. The Kier molecular flexibility index (Phi) is 2.75. The fourth-order valence-electron chi connectivity index (χ4n) is 1.98. The zero-order valence-electron chi connectivity index (χ0n) is 10.1. The number of aromatic nitrogens is 2. The molecule has 6 heteroatoms. The first kappa shape index (κ1) is 11.5. The molecule has 1 aliphatic heterocycles. The summed E-state index contributed by atoms with van der Waals surface area (Å²) in [6.07, 6.45) is 1.47. The number of benzene rings is 1. The van der Waals surface area contributed by atoms with Gasteiger partial charge in [-0.15, -0.1) is 0 Å². The molecule has 0 atom stereocenters. The molecule has 1 amide bonds. The van der Waals surface area contributed by atoms with E-state index in [2.05, 4.69) is 9.97 Å². The van der Waals surface area contributed by atoms with Crippen molar-refractivity contribution in [3.05, 3.63) is 42.4 Å². The van der Waals surface area contributed by atoms with Crippen LogP contribution in [-0.4, -0.2) is 29.0 Å². The molecule has 2 N–H and O–H groups in total. The number of hydrogen-bond acceptors (Lipinski definition) is 5. The predicted octanol–water partition coefficient (Wildman–Crippen LogP) is 1.10. The Morgan fingerprint density at radius 1 is 1.32 bits per heavy atom. The molecule has 6 nitrogen and oxygen atoms in total. The standard InChI is InChI=1S/C13H12N4O2/c14-11-5-6-15-12(16-11)13(18)17-7-8-19-10-4-2-1-3-9(10)17/h1-6H,7-8H2,(H2,14,15,16). The van der Waals surface area contributed by atoms with Crippen LogP contribution in [0.1, 0.15) is 10.6 Å². The summed E-state index contributed by atoms with van der Waals surface area (Å²) in [5.74, 6) is 0.783. The normalized spacial score (nSPS) is 13.6. The van der Waals surface area contributed by atoms with Gasteiger partial charge in [-0.2, -0.15) is 0 Å². The van der Waals surface area contributed by atoms with Crippen LogP contribution in [0.3, 0.4) is 0 Å². The molecule has 96 valence electrons. The van der Waals surface area contributed by atoms with E-state index in [0.29, 0.717) is 18.9 Å². The number of nitrogens with two attached hydrogens (primary N) is 1. The molecule has 2 aromatic rings. The molecular formula is C13H12N4O2. The SMILES string of the molecule is Nc1ccnc(C(=O)N2CCOc3ccccc32)n1. The number of nitrogens with zero attached hydrogens (tertiary/aromatic N) is 3. The van der Waals surface area contributed by atoms with Gasteiger partial charge in [0.25, 0.3) is 5.91 Å². The van der Waals surface area contributed by atoms with Gasteiger partial charge in [-0.1, -0.05) is 12.1 Å². The lowest BCUT2D eigenvalue weighted by Gasteiger charge is -2.28. The second-order valence-electron chi connectivity index (χ2n) is 4.08. The van der Waals surface area contributed by atoms with Crippen LogP contribution in [0.15, 0.2) is 36.5 Å². The van der Waals surface area contributed by atoms with E-state index in [9.17, 15) is 4.79 Å². The first-order valence-corrected chi connectivity index (χ1v) is 5.88. The number of amides is 1. The summed E-state index contributed by atoms with van der Waals surface area (Å²) >= 11 is 0. The van der Waals surface area contributed by atoms with Crippen LogP contribution in [0.5, 0.6) is 5.75 Å². The fourth-order valence-corrected chi connectivity index (χ4v) is 1.98. The van der Waals surface area contributed by atoms with E-state index in [0.717, 1.165) is 5.69 Å². The van der Waals surface area contributed by atoms with E-state index in [-0.39, 0.29) is 17.5 Å². The highest BCUT2D eigenvalue weighted by Crippen LogP contribution is 2.31. The van der Waals surface area contributed by atoms with Gasteiger partial charge < -0.3 is 10.5 Å². The lowest BCUT2D eigenvalue weighted by atomic mass is 10.2. The third-order valence-corrected chi connectivity index (χ3v) is 2.84. The molecule has 1 aromatic carbocycles. The topological polar surface area (TPSA) is 81.3 Å². The van der Waals surface area contributed by atoms with Crippen molar-refractivity contribution >= 4 is 17.4 Å². The number of carbonyl (C=O) groups is 1. The summed E-state index contributed by atoms with van der Waals surface area (Å²) in [5, 5.41) is 0. The van der Waals surface area contributed by atoms with Gasteiger partial charge in [-0.3, -0.25) is 9.69 Å². The fraction of sp³-hybridized carbons (Fsp3) is 0.154. The molecule has 0 bridgehead atoms. The maximum Gasteiger partial charge on any atom is 0.296 e. The summed E-state index contributed by atoms with van der Waals surface area (Å²) in [4.78, 5) is 21.9. The van der Waals surface area contributed by atoms with E-state index in [1.54, 1.807) is 11.0 Å². The number of para-hydroxylation sites is 2. The predicted molar refractivity (Wildman–Crippen MR) is 70.1 cm³/mol. The number of hydrogen-bond donors (Lipinski definition) is 1. The minimum Gasteiger partial charge on any atom is -0.490 e. The minimum absolute atomic E-state index is 0.0942. The summed E-state index contributed by atoms with van der Waals surface area (Å²) in [6.45, 7) is 0.916. The number of rotatable bonds is 1. The molecule has 0 unspecified atom stereocenters. The van der Waals surface area contributed by atoms with E-state index >= 15 is 0 Å². The van der Waals surface area contributed by atoms with E-state index in [1.165, 1.54) is 6.20 Å². The molecule has 0 radical (unpaired) electrons. The van der Waals surface area contributed by atoms with Crippen LogP contribution in [-0.2, 0) is 0 Å². The second kappa shape index (κ2) is 4.56.